The molecule has 2 aromatic carbocycles. The molecule has 0 saturated carbocycles. The van der Waals surface area contributed by atoms with Crippen molar-refractivity contribution in [1.82, 2.24) is 10.5 Å². The quantitative estimate of drug-likeness (QED) is 0.416. The van der Waals surface area contributed by atoms with Crippen LogP contribution in [0.5, 0.6) is 5.75 Å². The van der Waals surface area contributed by atoms with E-state index in [1.807, 2.05) is 35.7 Å². The Labute approximate surface area is 162 Å². The zero-order chi connectivity index (χ0) is 18.5. The molecule has 1 N–H and O–H groups in total. The summed E-state index contributed by atoms with van der Waals surface area (Å²) in [6, 6.07) is 18.7. The van der Waals surface area contributed by atoms with Gasteiger partial charge in [0.05, 0.1) is 12.0 Å². The number of aromatic nitrogens is 1. The van der Waals surface area contributed by atoms with Crippen LogP contribution >= 0.6 is 11.3 Å². The van der Waals surface area contributed by atoms with Crippen LogP contribution in [0.15, 0.2) is 64.5 Å². The molecule has 4 nitrogen and oxygen atoms in total. The molecule has 0 unspecified atom stereocenters. The van der Waals surface area contributed by atoms with Gasteiger partial charge in [0.1, 0.15) is 5.75 Å². The van der Waals surface area contributed by atoms with Crippen molar-refractivity contribution in [1.29, 1.82) is 0 Å². The topological polar surface area (TPSA) is 47.3 Å². The van der Waals surface area contributed by atoms with E-state index in [0.717, 1.165) is 46.8 Å². The van der Waals surface area contributed by atoms with E-state index < -0.39 is 0 Å². The molecule has 2 heterocycles. The lowest BCUT2D eigenvalue weighted by Crippen LogP contribution is -2.17. The van der Waals surface area contributed by atoms with Gasteiger partial charge >= 0.3 is 0 Å². The fourth-order valence-corrected chi connectivity index (χ4v) is 3.64. The lowest BCUT2D eigenvalue weighted by atomic mass is 10.1. The van der Waals surface area contributed by atoms with Crippen LogP contribution in [0, 0.1) is 6.92 Å². The Balaban J connectivity index is 1.25. The summed E-state index contributed by atoms with van der Waals surface area (Å²) < 4.78 is 11.4. The number of nitrogens with zero attached hydrogens (tertiary/aromatic N) is 1. The van der Waals surface area contributed by atoms with Gasteiger partial charge in [-0.25, -0.2) is 0 Å². The number of hydrogen-bond donors (Lipinski definition) is 1. The number of ether oxygens (including phenoxy) is 1. The van der Waals surface area contributed by atoms with Crippen LogP contribution in [-0.2, 0) is 6.54 Å². The summed E-state index contributed by atoms with van der Waals surface area (Å²) in [5.41, 5.74) is 3.59. The molecular weight excluding hydrogens is 356 g/mol. The first-order chi connectivity index (χ1) is 13.3. The molecule has 0 aliphatic carbocycles. The van der Waals surface area contributed by atoms with Gasteiger partial charge in [-0.2, -0.15) is 0 Å². The molecule has 0 bridgehead atoms. The van der Waals surface area contributed by atoms with Crippen LogP contribution in [0.4, 0.5) is 0 Å². The van der Waals surface area contributed by atoms with Crippen molar-refractivity contribution in [2.75, 3.05) is 13.2 Å². The molecule has 27 heavy (non-hydrogen) atoms. The van der Waals surface area contributed by atoms with E-state index in [9.17, 15) is 0 Å². The van der Waals surface area contributed by atoms with Gasteiger partial charge in [-0.05, 0) is 49.0 Å². The smallest absolute Gasteiger partial charge is 0.175 e. The summed E-state index contributed by atoms with van der Waals surface area (Å²) in [7, 11) is 0. The second-order valence-corrected chi connectivity index (χ2v) is 7.44. The Kier molecular flexibility index (Phi) is 5.51. The molecule has 5 heteroatoms. The van der Waals surface area contributed by atoms with Gasteiger partial charge in [-0.1, -0.05) is 47.1 Å². The number of nitrogens with one attached hydrogen (secondary N) is 1. The van der Waals surface area contributed by atoms with E-state index in [1.54, 1.807) is 11.3 Å². The van der Waals surface area contributed by atoms with E-state index in [0.29, 0.717) is 6.61 Å². The second kappa shape index (κ2) is 8.37. The highest BCUT2D eigenvalue weighted by Gasteiger charge is 2.12. The molecule has 0 amide bonds. The molecule has 4 rings (SSSR count). The number of rotatable bonds is 8. The molecule has 4 aromatic rings. The molecular formula is C22H22N2O2S. The average molecular weight is 378 g/mol. The van der Waals surface area contributed by atoms with E-state index in [-0.39, 0.29) is 0 Å². The Morgan fingerprint density at radius 2 is 2.00 bits per heavy atom. The van der Waals surface area contributed by atoms with Crippen LogP contribution < -0.4 is 10.1 Å². The molecule has 0 atom stereocenters. The first kappa shape index (κ1) is 17.8. The number of fused-ring (bicyclic) bond motifs is 1. The van der Waals surface area contributed by atoms with Crippen molar-refractivity contribution in [2.45, 2.75) is 19.9 Å². The van der Waals surface area contributed by atoms with Crippen molar-refractivity contribution >= 4 is 21.6 Å². The lowest BCUT2D eigenvalue weighted by molar-refractivity contribution is 0.308. The van der Waals surface area contributed by atoms with E-state index in [4.69, 9.17) is 9.26 Å². The Morgan fingerprint density at radius 3 is 2.89 bits per heavy atom. The lowest BCUT2D eigenvalue weighted by Gasteiger charge is -2.08. The molecule has 138 valence electrons. The Morgan fingerprint density at radius 1 is 1.11 bits per heavy atom. The van der Waals surface area contributed by atoms with Crippen LogP contribution in [0.3, 0.4) is 0 Å². The predicted octanol–water partition coefficient (Wildman–Crippen LogP) is 5.42. The fraction of sp³-hybridized carbons (Fsp3) is 0.227. The monoisotopic (exact) mass is 378 g/mol. The maximum atomic E-state index is 5.91. The first-order valence-electron chi connectivity index (χ1n) is 9.12. The van der Waals surface area contributed by atoms with Gasteiger partial charge in [0, 0.05) is 12.1 Å². The van der Waals surface area contributed by atoms with Crippen molar-refractivity contribution in [3.63, 3.8) is 0 Å². The molecule has 0 radical (unpaired) electrons. The zero-order valence-electron chi connectivity index (χ0n) is 15.3. The van der Waals surface area contributed by atoms with Gasteiger partial charge in [0.25, 0.3) is 0 Å². The van der Waals surface area contributed by atoms with Gasteiger partial charge in [-0.15, -0.1) is 11.3 Å². The van der Waals surface area contributed by atoms with Crippen molar-refractivity contribution in [3.05, 3.63) is 71.1 Å². The summed E-state index contributed by atoms with van der Waals surface area (Å²) in [6.45, 7) is 4.59. The minimum absolute atomic E-state index is 0.675. The second-order valence-electron chi connectivity index (χ2n) is 6.54. The van der Waals surface area contributed by atoms with Crippen molar-refractivity contribution in [2.24, 2.45) is 0 Å². The molecule has 0 aliphatic heterocycles. The van der Waals surface area contributed by atoms with Gasteiger partial charge in [-0.3, -0.25) is 0 Å². The predicted molar refractivity (Wildman–Crippen MR) is 110 cm³/mol. The number of hydrogen-bond acceptors (Lipinski definition) is 5. The van der Waals surface area contributed by atoms with Crippen molar-refractivity contribution in [3.8, 4) is 17.1 Å². The normalized spacial score (nSPS) is 11.1. The first-order valence-corrected chi connectivity index (χ1v) is 10.00. The van der Waals surface area contributed by atoms with Gasteiger partial charge in [0.15, 0.2) is 10.6 Å². The molecule has 0 aliphatic rings. The summed E-state index contributed by atoms with van der Waals surface area (Å²) in [6.07, 6.45) is 0.952. The average Bonchev–Trinajstić information content (AvgIpc) is 3.30. The van der Waals surface area contributed by atoms with Crippen LogP contribution in [0.1, 0.15) is 17.5 Å². The van der Waals surface area contributed by atoms with Crippen LogP contribution in [0.25, 0.3) is 21.5 Å². The maximum Gasteiger partial charge on any atom is 0.175 e. The maximum absolute atomic E-state index is 5.91. The third-order valence-corrected chi connectivity index (χ3v) is 5.21. The number of thiophene rings is 1. The molecule has 0 fully saturated rings. The van der Waals surface area contributed by atoms with E-state index >= 15 is 0 Å². The van der Waals surface area contributed by atoms with E-state index in [1.165, 1.54) is 11.1 Å². The highest BCUT2D eigenvalue weighted by molar-refractivity contribution is 7.16. The molecule has 0 spiro atoms. The third-order valence-electron chi connectivity index (χ3n) is 4.42. The Hall–Kier alpha value is -2.63. The highest BCUT2D eigenvalue weighted by atomic mass is 32.1. The highest BCUT2D eigenvalue weighted by Crippen LogP contribution is 2.33. The summed E-state index contributed by atoms with van der Waals surface area (Å²) in [5, 5.41) is 10.6. The van der Waals surface area contributed by atoms with Gasteiger partial charge < -0.3 is 14.6 Å². The standard InChI is InChI=1S/C22H22N2O2S/c1-16-6-8-17(9-7-16)15-23-11-3-12-25-19-5-2-4-18(14-19)21-20-10-13-27-22(20)24-26-21/h2,4-10,13-14,23H,3,11-12,15H2,1H3. The SMILES string of the molecule is Cc1ccc(CNCCCOc2cccc(-c3onc4sccc34)c2)cc1. The van der Waals surface area contributed by atoms with Crippen molar-refractivity contribution < 1.29 is 9.26 Å². The largest absolute Gasteiger partial charge is 0.494 e. The minimum Gasteiger partial charge on any atom is -0.494 e. The van der Waals surface area contributed by atoms with Crippen LogP contribution in [-0.4, -0.2) is 18.3 Å². The van der Waals surface area contributed by atoms with E-state index in [2.05, 4.69) is 41.7 Å². The van der Waals surface area contributed by atoms with Crippen LogP contribution in [0.2, 0.25) is 0 Å². The molecule has 2 aromatic heterocycles. The van der Waals surface area contributed by atoms with Gasteiger partial charge in [0.2, 0.25) is 0 Å². The minimum atomic E-state index is 0.675. The molecule has 0 saturated heterocycles. The summed E-state index contributed by atoms with van der Waals surface area (Å²) in [5.74, 6) is 1.65. The summed E-state index contributed by atoms with van der Waals surface area (Å²) >= 11 is 1.58. The zero-order valence-corrected chi connectivity index (χ0v) is 16.1. The third kappa shape index (κ3) is 4.38. The number of aryl methyl sites for hydroxylation is 1. The fourth-order valence-electron chi connectivity index (χ4n) is 2.94. The Bertz CT molecular complexity index is 1000. The summed E-state index contributed by atoms with van der Waals surface area (Å²) in [4.78, 5) is 0.927. The number of benzene rings is 2.